The molecule has 4 aromatic carbocycles. The van der Waals surface area contributed by atoms with E-state index >= 15 is 0 Å². The van der Waals surface area contributed by atoms with Gasteiger partial charge in [0.25, 0.3) is 5.91 Å². The van der Waals surface area contributed by atoms with E-state index in [1.54, 1.807) is 60.4 Å². The summed E-state index contributed by atoms with van der Waals surface area (Å²) in [6.07, 6.45) is -0.246. The van der Waals surface area contributed by atoms with E-state index in [0.717, 1.165) is 5.56 Å². The second kappa shape index (κ2) is 18.0. The number of rotatable bonds is 10. The maximum atomic E-state index is 14.1. The van der Waals surface area contributed by atoms with Crippen LogP contribution in [0.3, 0.4) is 0 Å². The van der Waals surface area contributed by atoms with Crippen molar-refractivity contribution in [3.63, 3.8) is 0 Å². The Bertz CT molecular complexity index is 1880. The number of hydrogen-bond donors (Lipinski definition) is 3. The van der Waals surface area contributed by atoms with Gasteiger partial charge in [0.05, 0.1) is 24.6 Å². The highest BCUT2D eigenvalue weighted by Gasteiger charge is 2.31. The van der Waals surface area contributed by atoms with Crippen molar-refractivity contribution in [2.24, 2.45) is 0 Å². The minimum Gasteiger partial charge on any atom is -0.491 e. The average Bonchev–Trinajstić information content (AvgIpc) is 3.12. The Morgan fingerprint density at radius 3 is 2.52 bits per heavy atom. The lowest BCUT2D eigenvalue weighted by Gasteiger charge is -2.28. The van der Waals surface area contributed by atoms with Gasteiger partial charge in [-0.25, -0.2) is 4.39 Å². The fourth-order valence-corrected chi connectivity index (χ4v) is 5.74. The normalized spacial score (nSPS) is 17.4. The van der Waals surface area contributed by atoms with E-state index in [1.807, 2.05) is 37.3 Å². The number of carbonyl (C=O) groups excluding carboxylic acids is 4. The van der Waals surface area contributed by atoms with Crippen molar-refractivity contribution in [2.45, 2.75) is 44.8 Å². The Labute approximate surface area is 306 Å². The van der Waals surface area contributed by atoms with Crippen LogP contribution in [0.2, 0.25) is 5.02 Å². The minimum atomic E-state index is -1.34. The number of nitrogens with one attached hydrogen (secondary N) is 3. The Hall–Kier alpha value is -5.62. The van der Waals surface area contributed by atoms with Crippen LogP contribution in [0.25, 0.3) is 0 Å². The second-order valence-corrected chi connectivity index (χ2v) is 12.6. The number of carbonyl (C=O) groups is 4. The standard InChI is InChI=1S/C39H40ClFN4O7/c1-3-45-18-19-50-33-15-8-7-14-30(33)37(47)44-31(23-36(46)43-32(39(45)49)20-26-10-5-4-6-11-26)38(48)42-25(2)24-51-34-17-16-28(41)22-35(34)52-29-13-9-12-27(40)21-29/h4-17,21-22,25,31-32H,3,18-20,23-24H2,1-2H3,(H,42,48)(H,43,46)(H,44,47)/t25-,31+,32-/m1/s1. The molecule has 3 N–H and O–H groups in total. The Morgan fingerprint density at radius 1 is 0.981 bits per heavy atom. The van der Waals surface area contributed by atoms with E-state index in [2.05, 4.69) is 16.0 Å². The van der Waals surface area contributed by atoms with Crippen LogP contribution in [0.15, 0.2) is 97.1 Å². The average molecular weight is 731 g/mol. The summed E-state index contributed by atoms with van der Waals surface area (Å²) in [5, 5.41) is 8.71. The molecule has 5 rings (SSSR count). The molecule has 1 aliphatic heterocycles. The molecule has 0 saturated carbocycles. The second-order valence-electron chi connectivity index (χ2n) is 12.2. The summed E-state index contributed by atoms with van der Waals surface area (Å²) in [7, 11) is 0. The summed E-state index contributed by atoms with van der Waals surface area (Å²) in [5.74, 6) is -1.80. The SMILES string of the molecule is CCN1CCOc2ccccc2C(=O)N[C@H](C(=O)N[C@H](C)COc2ccc(F)cc2Oc2cccc(Cl)c2)CC(=O)N[C@H](Cc2ccccc2)C1=O. The van der Waals surface area contributed by atoms with E-state index in [-0.39, 0.29) is 54.9 Å². The molecule has 4 amide bonds. The van der Waals surface area contributed by atoms with Crippen LogP contribution in [0.5, 0.6) is 23.0 Å². The molecule has 4 aromatic rings. The van der Waals surface area contributed by atoms with E-state index in [0.29, 0.717) is 17.3 Å². The Balaban J connectivity index is 1.33. The molecule has 1 aliphatic rings. The fourth-order valence-electron chi connectivity index (χ4n) is 5.56. The maximum Gasteiger partial charge on any atom is 0.255 e. The number of benzene rings is 4. The molecule has 3 atom stereocenters. The van der Waals surface area contributed by atoms with Crippen LogP contribution in [0.1, 0.15) is 36.2 Å². The number of fused-ring (bicyclic) bond motifs is 1. The van der Waals surface area contributed by atoms with E-state index in [9.17, 15) is 23.6 Å². The third-order valence-corrected chi connectivity index (χ3v) is 8.41. The van der Waals surface area contributed by atoms with Gasteiger partial charge in [-0.05, 0) is 61.9 Å². The largest absolute Gasteiger partial charge is 0.491 e. The van der Waals surface area contributed by atoms with Crippen LogP contribution in [-0.2, 0) is 20.8 Å². The van der Waals surface area contributed by atoms with E-state index in [4.69, 9.17) is 25.8 Å². The first-order valence-electron chi connectivity index (χ1n) is 16.9. The number of para-hydroxylation sites is 1. The zero-order valence-corrected chi connectivity index (χ0v) is 29.5. The lowest BCUT2D eigenvalue weighted by molar-refractivity contribution is -0.137. The summed E-state index contributed by atoms with van der Waals surface area (Å²) in [5.41, 5.74) is 0.996. The molecule has 0 fully saturated rings. The lowest BCUT2D eigenvalue weighted by Crippen LogP contribution is -2.54. The Kier molecular flexibility index (Phi) is 13.1. The monoisotopic (exact) mass is 730 g/mol. The smallest absolute Gasteiger partial charge is 0.255 e. The predicted molar refractivity (Wildman–Crippen MR) is 193 cm³/mol. The molecule has 13 heteroatoms. The molecule has 11 nitrogen and oxygen atoms in total. The molecule has 0 saturated heterocycles. The number of halogens is 2. The van der Waals surface area contributed by atoms with Crippen molar-refractivity contribution in [3.8, 4) is 23.0 Å². The number of likely N-dealkylation sites (N-methyl/N-ethyl adjacent to an activating group) is 1. The van der Waals surface area contributed by atoms with Crippen molar-refractivity contribution in [3.05, 3.63) is 119 Å². The van der Waals surface area contributed by atoms with Crippen molar-refractivity contribution in [1.29, 1.82) is 0 Å². The van der Waals surface area contributed by atoms with Crippen molar-refractivity contribution >= 4 is 35.2 Å². The molecular formula is C39H40ClFN4O7. The number of nitrogens with zero attached hydrogens (tertiary/aromatic N) is 1. The lowest BCUT2D eigenvalue weighted by atomic mass is 10.0. The van der Waals surface area contributed by atoms with E-state index in [1.165, 1.54) is 18.2 Å². The molecule has 1 heterocycles. The number of hydrogen-bond acceptors (Lipinski definition) is 7. The van der Waals surface area contributed by atoms with Crippen LogP contribution in [0.4, 0.5) is 4.39 Å². The van der Waals surface area contributed by atoms with Crippen molar-refractivity contribution in [1.82, 2.24) is 20.9 Å². The van der Waals surface area contributed by atoms with Gasteiger partial charge < -0.3 is 35.1 Å². The molecule has 0 aromatic heterocycles. The highest BCUT2D eigenvalue weighted by molar-refractivity contribution is 6.30. The molecule has 0 aliphatic carbocycles. The van der Waals surface area contributed by atoms with Gasteiger partial charge in [0.2, 0.25) is 17.7 Å². The highest BCUT2D eigenvalue weighted by Crippen LogP contribution is 2.33. The van der Waals surface area contributed by atoms with Crippen LogP contribution in [0, 0.1) is 5.82 Å². The van der Waals surface area contributed by atoms with Gasteiger partial charge in [0.1, 0.15) is 42.6 Å². The molecular weight excluding hydrogens is 691 g/mol. The summed E-state index contributed by atoms with van der Waals surface area (Å²) < 4.78 is 31.8. The van der Waals surface area contributed by atoms with Gasteiger partial charge >= 0.3 is 0 Å². The minimum absolute atomic E-state index is 0.0761. The van der Waals surface area contributed by atoms with Crippen LogP contribution < -0.4 is 30.2 Å². The first kappa shape index (κ1) is 37.6. The summed E-state index contributed by atoms with van der Waals surface area (Å²) in [6.45, 7) is 4.11. The molecule has 0 bridgehead atoms. The van der Waals surface area contributed by atoms with Gasteiger partial charge in [0, 0.05) is 24.1 Å². The molecule has 272 valence electrons. The zero-order valence-electron chi connectivity index (χ0n) is 28.8. The maximum absolute atomic E-state index is 14.1. The molecule has 52 heavy (non-hydrogen) atoms. The predicted octanol–water partition coefficient (Wildman–Crippen LogP) is 5.31. The van der Waals surface area contributed by atoms with Gasteiger partial charge in [-0.15, -0.1) is 0 Å². The first-order valence-corrected chi connectivity index (χ1v) is 17.3. The quantitative estimate of drug-likeness (QED) is 0.201. The van der Waals surface area contributed by atoms with Gasteiger partial charge in [-0.1, -0.05) is 60.1 Å². The highest BCUT2D eigenvalue weighted by atomic mass is 35.5. The molecule has 0 spiro atoms. The molecule has 0 radical (unpaired) electrons. The van der Waals surface area contributed by atoms with Crippen molar-refractivity contribution < 1.29 is 37.8 Å². The van der Waals surface area contributed by atoms with Crippen molar-refractivity contribution in [2.75, 3.05) is 26.3 Å². The third kappa shape index (κ3) is 10.5. The van der Waals surface area contributed by atoms with Gasteiger partial charge in [-0.2, -0.15) is 0 Å². The first-order chi connectivity index (χ1) is 25.1. The zero-order chi connectivity index (χ0) is 37.0. The van der Waals surface area contributed by atoms with Gasteiger partial charge in [-0.3, -0.25) is 19.2 Å². The topological polar surface area (TPSA) is 135 Å². The van der Waals surface area contributed by atoms with E-state index < -0.39 is 48.1 Å². The number of ether oxygens (including phenoxy) is 3. The van der Waals surface area contributed by atoms with Crippen LogP contribution >= 0.6 is 11.6 Å². The third-order valence-electron chi connectivity index (χ3n) is 8.18. The number of amides is 4. The molecule has 0 unspecified atom stereocenters. The van der Waals surface area contributed by atoms with Gasteiger partial charge in [0.15, 0.2) is 11.5 Å². The summed E-state index contributed by atoms with van der Waals surface area (Å²) >= 11 is 6.06. The van der Waals surface area contributed by atoms with Crippen LogP contribution in [-0.4, -0.2) is 73.0 Å². The summed E-state index contributed by atoms with van der Waals surface area (Å²) in [6, 6.07) is 23.2. The fraction of sp³-hybridized carbons (Fsp3) is 0.282. The summed E-state index contributed by atoms with van der Waals surface area (Å²) in [4.78, 5) is 56.2. The Morgan fingerprint density at radius 2 is 1.75 bits per heavy atom.